The van der Waals surface area contributed by atoms with Gasteiger partial charge in [-0.15, -0.1) is 0 Å². The van der Waals surface area contributed by atoms with E-state index in [0.29, 0.717) is 17.4 Å². The van der Waals surface area contributed by atoms with Crippen LogP contribution >= 0.6 is 11.6 Å². The molecule has 0 radical (unpaired) electrons. The van der Waals surface area contributed by atoms with Gasteiger partial charge >= 0.3 is 0 Å². The van der Waals surface area contributed by atoms with E-state index in [9.17, 15) is 0 Å². The summed E-state index contributed by atoms with van der Waals surface area (Å²) in [7, 11) is 0. The molecule has 0 saturated carbocycles. The number of nitrogens with one attached hydrogen (secondary N) is 1. The van der Waals surface area contributed by atoms with Crippen molar-refractivity contribution in [2.45, 2.75) is 19.8 Å². The molecule has 0 aliphatic carbocycles. The van der Waals surface area contributed by atoms with Crippen LogP contribution in [0.1, 0.15) is 25.3 Å². The molecule has 0 saturated heterocycles. The van der Waals surface area contributed by atoms with Crippen molar-refractivity contribution in [3.8, 4) is 0 Å². The first-order chi connectivity index (χ1) is 8.56. The van der Waals surface area contributed by atoms with Gasteiger partial charge in [0.15, 0.2) is 5.82 Å². The van der Waals surface area contributed by atoms with Crippen molar-refractivity contribution in [1.29, 1.82) is 0 Å². The molecule has 1 heterocycles. The van der Waals surface area contributed by atoms with Gasteiger partial charge in [-0.2, -0.15) is 4.98 Å². The van der Waals surface area contributed by atoms with Crippen LogP contribution in [-0.4, -0.2) is 9.97 Å². The summed E-state index contributed by atoms with van der Waals surface area (Å²) in [5, 5.41) is 3.29. The lowest BCUT2D eigenvalue weighted by Crippen LogP contribution is -2.00. The van der Waals surface area contributed by atoms with E-state index in [1.54, 1.807) is 0 Å². The van der Waals surface area contributed by atoms with Gasteiger partial charge in [-0.3, -0.25) is 0 Å². The van der Waals surface area contributed by atoms with Gasteiger partial charge in [0.25, 0.3) is 0 Å². The van der Waals surface area contributed by atoms with Crippen molar-refractivity contribution >= 4 is 28.8 Å². The monoisotopic (exact) mass is 262 g/mol. The predicted molar refractivity (Wildman–Crippen MR) is 75.3 cm³/mol. The molecule has 0 aliphatic heterocycles. The first-order valence-corrected chi connectivity index (χ1v) is 6.09. The molecule has 0 atom stereocenters. The molecule has 94 valence electrons. The Labute approximate surface area is 111 Å². The molecule has 1 aromatic carbocycles. The molecular weight excluding hydrogens is 248 g/mol. The Kier molecular flexibility index (Phi) is 3.67. The van der Waals surface area contributed by atoms with Gasteiger partial charge in [0.05, 0.1) is 11.9 Å². The summed E-state index contributed by atoms with van der Waals surface area (Å²) >= 11 is 5.73. The van der Waals surface area contributed by atoms with Gasteiger partial charge in [0, 0.05) is 5.69 Å². The van der Waals surface area contributed by atoms with Gasteiger partial charge in [-0.1, -0.05) is 26.0 Å². The van der Waals surface area contributed by atoms with Crippen LogP contribution in [0.25, 0.3) is 0 Å². The fraction of sp³-hybridized carbons (Fsp3) is 0.231. The Morgan fingerprint density at radius 1 is 1.22 bits per heavy atom. The molecule has 5 heteroatoms. The molecule has 0 amide bonds. The number of benzene rings is 1. The molecule has 18 heavy (non-hydrogen) atoms. The average molecular weight is 263 g/mol. The van der Waals surface area contributed by atoms with E-state index < -0.39 is 0 Å². The maximum atomic E-state index is 5.77. The second kappa shape index (κ2) is 5.23. The summed E-state index contributed by atoms with van der Waals surface area (Å²) < 4.78 is 0. The van der Waals surface area contributed by atoms with Crippen LogP contribution in [0, 0.1) is 0 Å². The van der Waals surface area contributed by atoms with Crippen molar-refractivity contribution in [1.82, 2.24) is 9.97 Å². The van der Waals surface area contributed by atoms with E-state index in [1.807, 2.05) is 12.1 Å². The summed E-state index contributed by atoms with van der Waals surface area (Å²) in [4.78, 5) is 7.85. The number of nitrogens with zero attached hydrogens (tertiary/aromatic N) is 2. The second-order valence-electron chi connectivity index (χ2n) is 4.34. The van der Waals surface area contributed by atoms with Crippen molar-refractivity contribution < 1.29 is 0 Å². The van der Waals surface area contributed by atoms with Crippen LogP contribution in [0.15, 0.2) is 30.5 Å². The Hall–Kier alpha value is -1.81. The highest BCUT2D eigenvalue weighted by Crippen LogP contribution is 2.23. The SMILES string of the molecule is CC(C)c1ccc(Nc2nc(Cl)ncc2N)cc1. The number of rotatable bonds is 3. The molecule has 2 rings (SSSR count). The molecule has 4 nitrogen and oxygen atoms in total. The van der Waals surface area contributed by atoms with E-state index in [4.69, 9.17) is 17.3 Å². The highest BCUT2D eigenvalue weighted by molar-refractivity contribution is 6.28. The van der Waals surface area contributed by atoms with Crippen molar-refractivity contribution in [3.05, 3.63) is 41.3 Å². The molecular formula is C13H15ClN4. The molecule has 3 N–H and O–H groups in total. The summed E-state index contributed by atoms with van der Waals surface area (Å²) in [5.41, 5.74) is 8.44. The van der Waals surface area contributed by atoms with Gasteiger partial charge in [-0.05, 0) is 35.2 Å². The van der Waals surface area contributed by atoms with Crippen LogP contribution in [-0.2, 0) is 0 Å². The minimum atomic E-state index is 0.172. The minimum absolute atomic E-state index is 0.172. The smallest absolute Gasteiger partial charge is 0.224 e. The number of hydrogen-bond donors (Lipinski definition) is 2. The highest BCUT2D eigenvalue weighted by Gasteiger charge is 2.04. The van der Waals surface area contributed by atoms with E-state index in [-0.39, 0.29) is 5.28 Å². The largest absolute Gasteiger partial charge is 0.394 e. The Morgan fingerprint density at radius 3 is 2.50 bits per heavy atom. The molecule has 0 spiro atoms. The number of hydrogen-bond acceptors (Lipinski definition) is 4. The normalized spacial score (nSPS) is 10.7. The zero-order valence-corrected chi connectivity index (χ0v) is 11.1. The number of nitrogen functional groups attached to an aromatic ring is 1. The first kappa shape index (κ1) is 12.6. The average Bonchev–Trinajstić information content (AvgIpc) is 2.34. The van der Waals surface area contributed by atoms with E-state index >= 15 is 0 Å². The van der Waals surface area contributed by atoms with E-state index in [2.05, 4.69) is 41.3 Å². The van der Waals surface area contributed by atoms with E-state index in [1.165, 1.54) is 11.8 Å². The second-order valence-corrected chi connectivity index (χ2v) is 4.68. The fourth-order valence-electron chi connectivity index (χ4n) is 1.56. The third-order valence-electron chi connectivity index (χ3n) is 2.63. The van der Waals surface area contributed by atoms with Gasteiger partial charge in [-0.25, -0.2) is 4.98 Å². The molecule has 0 fully saturated rings. The number of nitrogens with two attached hydrogens (primary N) is 1. The predicted octanol–water partition coefficient (Wildman–Crippen LogP) is 3.58. The number of aromatic nitrogens is 2. The number of halogens is 1. The van der Waals surface area contributed by atoms with Gasteiger partial charge in [0.1, 0.15) is 0 Å². The summed E-state index contributed by atoms with van der Waals surface area (Å²) in [6.45, 7) is 4.31. The third kappa shape index (κ3) is 2.90. The molecule has 0 unspecified atom stereocenters. The lowest BCUT2D eigenvalue weighted by atomic mass is 10.0. The van der Waals surface area contributed by atoms with Crippen molar-refractivity contribution in [3.63, 3.8) is 0 Å². The quantitative estimate of drug-likeness (QED) is 0.830. The molecule has 0 aliphatic rings. The minimum Gasteiger partial charge on any atom is -0.394 e. The Balaban J connectivity index is 2.21. The summed E-state index contributed by atoms with van der Waals surface area (Å²) in [5.74, 6) is 1.03. The van der Waals surface area contributed by atoms with Crippen LogP contribution in [0.4, 0.5) is 17.2 Å². The topological polar surface area (TPSA) is 63.8 Å². The Morgan fingerprint density at radius 2 is 1.89 bits per heavy atom. The maximum absolute atomic E-state index is 5.77. The van der Waals surface area contributed by atoms with Crippen LogP contribution in [0.5, 0.6) is 0 Å². The number of anilines is 3. The van der Waals surface area contributed by atoms with Crippen LogP contribution in [0.2, 0.25) is 5.28 Å². The fourth-order valence-corrected chi connectivity index (χ4v) is 1.69. The van der Waals surface area contributed by atoms with Crippen molar-refractivity contribution in [2.24, 2.45) is 0 Å². The Bertz CT molecular complexity index is 537. The zero-order chi connectivity index (χ0) is 13.1. The van der Waals surface area contributed by atoms with Gasteiger partial charge in [0.2, 0.25) is 5.28 Å². The highest BCUT2D eigenvalue weighted by atomic mass is 35.5. The van der Waals surface area contributed by atoms with Gasteiger partial charge < -0.3 is 11.1 Å². The maximum Gasteiger partial charge on any atom is 0.224 e. The summed E-state index contributed by atoms with van der Waals surface area (Å²) in [6, 6.07) is 8.13. The summed E-state index contributed by atoms with van der Waals surface area (Å²) in [6.07, 6.45) is 1.49. The first-order valence-electron chi connectivity index (χ1n) is 5.71. The lowest BCUT2D eigenvalue weighted by Gasteiger charge is -2.10. The molecule has 0 bridgehead atoms. The van der Waals surface area contributed by atoms with E-state index in [0.717, 1.165) is 5.69 Å². The van der Waals surface area contributed by atoms with Crippen LogP contribution in [0.3, 0.4) is 0 Å². The third-order valence-corrected chi connectivity index (χ3v) is 2.81. The van der Waals surface area contributed by atoms with Crippen LogP contribution < -0.4 is 11.1 Å². The standard InChI is InChI=1S/C13H15ClN4/c1-8(2)9-3-5-10(6-4-9)17-12-11(15)7-16-13(14)18-12/h3-8H,15H2,1-2H3,(H,16,17,18). The molecule has 1 aromatic heterocycles. The zero-order valence-electron chi connectivity index (χ0n) is 10.3. The van der Waals surface area contributed by atoms with Crippen molar-refractivity contribution in [2.75, 3.05) is 11.1 Å². The molecule has 2 aromatic rings. The lowest BCUT2D eigenvalue weighted by molar-refractivity contribution is 0.867.